The van der Waals surface area contributed by atoms with Crippen LogP contribution in [0.5, 0.6) is 5.75 Å². The summed E-state index contributed by atoms with van der Waals surface area (Å²) in [5.74, 6) is 0.398. The van der Waals surface area contributed by atoms with Gasteiger partial charge in [0.2, 0.25) is 5.95 Å². The molecule has 10 heteroatoms. The van der Waals surface area contributed by atoms with Crippen molar-refractivity contribution in [2.75, 3.05) is 17.3 Å². The zero-order valence-electron chi connectivity index (χ0n) is 18.2. The number of carboxylic acids is 1. The van der Waals surface area contributed by atoms with Crippen LogP contribution in [-0.4, -0.2) is 43.7 Å². The predicted molar refractivity (Wildman–Crippen MR) is 118 cm³/mol. The summed E-state index contributed by atoms with van der Waals surface area (Å²) < 4.78 is 7.22. The third-order valence-corrected chi connectivity index (χ3v) is 5.45. The zero-order chi connectivity index (χ0) is 23.0. The van der Waals surface area contributed by atoms with E-state index in [2.05, 4.69) is 47.0 Å². The molecule has 1 atom stereocenters. The van der Waals surface area contributed by atoms with Crippen LogP contribution in [0.4, 0.5) is 17.5 Å². The lowest BCUT2D eigenvalue weighted by Crippen LogP contribution is -2.40. The van der Waals surface area contributed by atoms with Crippen molar-refractivity contribution >= 4 is 23.4 Å². The number of carboxylic acid groups (broad SMARTS) is 1. The second-order valence-corrected chi connectivity index (χ2v) is 7.63. The van der Waals surface area contributed by atoms with Gasteiger partial charge in [-0.15, -0.1) is 0 Å². The second-order valence-electron chi connectivity index (χ2n) is 7.63. The van der Waals surface area contributed by atoms with Gasteiger partial charge in [-0.05, 0) is 38.5 Å². The Morgan fingerprint density at radius 2 is 2.16 bits per heavy atom. The fourth-order valence-corrected chi connectivity index (χ4v) is 4.06. The van der Waals surface area contributed by atoms with Gasteiger partial charge >= 0.3 is 5.97 Å². The molecule has 2 aromatic heterocycles. The molecule has 0 bridgehead atoms. The number of nitrogens with one attached hydrogen (secondary N) is 1. The highest BCUT2D eigenvalue weighted by Gasteiger charge is 2.36. The van der Waals surface area contributed by atoms with Gasteiger partial charge in [-0.2, -0.15) is 10.2 Å². The molecule has 0 amide bonds. The molecular formula is C22H23N7O3. The SMILES string of the molecule is CCC1c2c(C#N)ncn2-c2cnc(Nc3ccc(C(=O)O)cc3OC)nc2N1C(C)C. The van der Waals surface area contributed by atoms with Crippen molar-refractivity contribution in [3.63, 3.8) is 0 Å². The molecule has 32 heavy (non-hydrogen) atoms. The first-order valence-corrected chi connectivity index (χ1v) is 10.2. The maximum Gasteiger partial charge on any atom is 0.335 e. The number of methoxy groups -OCH3 is 1. The van der Waals surface area contributed by atoms with Gasteiger partial charge in [-0.3, -0.25) is 4.57 Å². The van der Waals surface area contributed by atoms with E-state index in [0.29, 0.717) is 23.1 Å². The summed E-state index contributed by atoms with van der Waals surface area (Å²) in [7, 11) is 1.47. The second kappa shape index (κ2) is 8.19. The molecule has 1 aromatic carbocycles. The fourth-order valence-electron chi connectivity index (χ4n) is 4.06. The molecule has 2 N–H and O–H groups in total. The average molecular weight is 433 g/mol. The number of nitrogens with zero attached hydrogens (tertiary/aromatic N) is 6. The third kappa shape index (κ3) is 3.37. The number of aromatic nitrogens is 4. The normalized spacial score (nSPS) is 14.5. The lowest BCUT2D eigenvalue weighted by Gasteiger charge is -2.40. The van der Waals surface area contributed by atoms with Crippen LogP contribution in [0.3, 0.4) is 0 Å². The van der Waals surface area contributed by atoms with Crippen LogP contribution in [0.25, 0.3) is 5.69 Å². The summed E-state index contributed by atoms with van der Waals surface area (Å²) >= 11 is 0. The van der Waals surface area contributed by atoms with Crippen molar-refractivity contribution in [3.8, 4) is 17.5 Å². The van der Waals surface area contributed by atoms with E-state index in [-0.39, 0.29) is 17.6 Å². The quantitative estimate of drug-likeness (QED) is 0.598. The molecule has 0 saturated heterocycles. The Labute approximate surface area is 185 Å². The molecule has 0 saturated carbocycles. The molecule has 164 valence electrons. The highest BCUT2D eigenvalue weighted by Crippen LogP contribution is 2.41. The lowest BCUT2D eigenvalue weighted by atomic mass is 10.0. The maximum absolute atomic E-state index is 11.2. The standard InChI is InChI=1S/C22H23N7O3/c1-5-16-19-15(9-23)25-11-28(19)17-10-24-22(27-20(17)29(16)12(2)3)26-14-7-6-13(21(30)31)8-18(14)32-4/h6-8,10-12,16H,5H2,1-4H3,(H,30,31)(H,24,26,27). The summed E-state index contributed by atoms with van der Waals surface area (Å²) in [6.45, 7) is 6.22. The number of nitriles is 1. The van der Waals surface area contributed by atoms with Crippen LogP contribution < -0.4 is 15.0 Å². The van der Waals surface area contributed by atoms with E-state index in [9.17, 15) is 15.2 Å². The summed E-state index contributed by atoms with van der Waals surface area (Å²) in [4.78, 5) is 26.9. The number of carbonyl (C=O) groups is 1. The molecule has 1 unspecified atom stereocenters. The number of hydrogen-bond acceptors (Lipinski definition) is 8. The molecular weight excluding hydrogens is 410 g/mol. The first kappa shape index (κ1) is 21.1. The largest absolute Gasteiger partial charge is 0.495 e. The number of ether oxygens (including phenoxy) is 1. The van der Waals surface area contributed by atoms with Crippen molar-refractivity contribution in [1.29, 1.82) is 5.26 Å². The Morgan fingerprint density at radius 3 is 2.78 bits per heavy atom. The molecule has 1 aliphatic rings. The van der Waals surface area contributed by atoms with E-state index in [0.717, 1.165) is 23.6 Å². The highest BCUT2D eigenvalue weighted by molar-refractivity contribution is 5.89. The van der Waals surface area contributed by atoms with E-state index in [1.54, 1.807) is 18.6 Å². The van der Waals surface area contributed by atoms with Gasteiger partial charge in [0.25, 0.3) is 0 Å². The van der Waals surface area contributed by atoms with E-state index in [4.69, 9.17) is 9.72 Å². The lowest BCUT2D eigenvalue weighted by molar-refractivity contribution is 0.0696. The van der Waals surface area contributed by atoms with E-state index in [1.165, 1.54) is 19.2 Å². The van der Waals surface area contributed by atoms with Gasteiger partial charge in [0.1, 0.15) is 23.8 Å². The van der Waals surface area contributed by atoms with Gasteiger partial charge in [0.05, 0.1) is 36.3 Å². The topological polar surface area (TPSA) is 129 Å². The first-order chi connectivity index (χ1) is 15.4. The Morgan fingerprint density at radius 1 is 1.38 bits per heavy atom. The molecule has 0 fully saturated rings. The Balaban J connectivity index is 1.80. The van der Waals surface area contributed by atoms with Crippen molar-refractivity contribution in [3.05, 3.63) is 47.7 Å². The minimum Gasteiger partial charge on any atom is -0.495 e. The van der Waals surface area contributed by atoms with Crippen LogP contribution in [0, 0.1) is 11.3 Å². The van der Waals surface area contributed by atoms with Crippen molar-refractivity contribution in [2.45, 2.75) is 39.3 Å². The minimum atomic E-state index is -1.04. The summed E-state index contributed by atoms with van der Waals surface area (Å²) in [6.07, 6.45) is 4.10. The molecule has 4 rings (SSSR count). The van der Waals surface area contributed by atoms with E-state index in [1.807, 2.05) is 4.57 Å². The first-order valence-electron chi connectivity index (χ1n) is 10.2. The van der Waals surface area contributed by atoms with Crippen LogP contribution in [0.2, 0.25) is 0 Å². The zero-order valence-corrected chi connectivity index (χ0v) is 18.2. The third-order valence-electron chi connectivity index (χ3n) is 5.45. The predicted octanol–water partition coefficient (Wildman–Crippen LogP) is 3.66. The van der Waals surface area contributed by atoms with Gasteiger partial charge in [0.15, 0.2) is 11.5 Å². The number of rotatable bonds is 6. The number of hydrogen-bond donors (Lipinski definition) is 2. The molecule has 0 aliphatic carbocycles. The van der Waals surface area contributed by atoms with E-state index < -0.39 is 5.97 Å². The maximum atomic E-state index is 11.2. The van der Waals surface area contributed by atoms with Crippen LogP contribution >= 0.6 is 0 Å². The van der Waals surface area contributed by atoms with Crippen LogP contribution in [0.15, 0.2) is 30.7 Å². The van der Waals surface area contributed by atoms with Crippen LogP contribution in [0.1, 0.15) is 55.0 Å². The smallest absolute Gasteiger partial charge is 0.335 e. The minimum absolute atomic E-state index is 0.0632. The Hall–Kier alpha value is -4.13. The number of imidazole rings is 1. The summed E-state index contributed by atoms with van der Waals surface area (Å²) in [6, 6.07) is 6.79. The van der Waals surface area contributed by atoms with Gasteiger partial charge in [-0.1, -0.05) is 6.92 Å². The Bertz CT molecular complexity index is 1230. The van der Waals surface area contributed by atoms with Gasteiger partial charge in [0, 0.05) is 6.04 Å². The molecule has 3 heterocycles. The fraction of sp³-hybridized carbons (Fsp3) is 0.318. The van der Waals surface area contributed by atoms with E-state index >= 15 is 0 Å². The molecule has 0 radical (unpaired) electrons. The molecule has 3 aromatic rings. The molecule has 1 aliphatic heterocycles. The van der Waals surface area contributed by atoms with Gasteiger partial charge in [-0.25, -0.2) is 14.8 Å². The van der Waals surface area contributed by atoms with Crippen molar-refractivity contribution < 1.29 is 14.6 Å². The average Bonchev–Trinajstić information content (AvgIpc) is 3.22. The molecule has 0 spiro atoms. The Kier molecular flexibility index (Phi) is 5.40. The number of aromatic carboxylic acids is 1. The highest BCUT2D eigenvalue weighted by atomic mass is 16.5. The summed E-state index contributed by atoms with van der Waals surface area (Å²) in [5, 5.41) is 21.9. The van der Waals surface area contributed by atoms with Crippen molar-refractivity contribution in [2.24, 2.45) is 0 Å². The number of fused-ring (bicyclic) bond motifs is 3. The number of benzene rings is 1. The number of anilines is 3. The van der Waals surface area contributed by atoms with Crippen LogP contribution in [-0.2, 0) is 0 Å². The monoisotopic (exact) mass is 433 g/mol. The van der Waals surface area contributed by atoms with Gasteiger partial charge < -0.3 is 20.1 Å². The van der Waals surface area contributed by atoms with Crippen molar-refractivity contribution in [1.82, 2.24) is 19.5 Å². The molecule has 10 nitrogen and oxygen atoms in total. The summed E-state index contributed by atoms with van der Waals surface area (Å²) in [5.41, 5.74) is 2.65.